The molecule has 1 nitrogen and oxygen atoms in total. The molecule has 26 heavy (non-hydrogen) atoms. The summed E-state index contributed by atoms with van der Waals surface area (Å²) in [6, 6.07) is 0. The Bertz CT molecular complexity index is 701. The van der Waals surface area contributed by atoms with Gasteiger partial charge >= 0.3 is 12.1 Å². The highest BCUT2D eigenvalue weighted by atomic mass is 19.4. The standard InChI is InChI=1S/C20H23F5O/c1-18-9-8-14-13-5-3-12(26)10-11(13)2-4-15(14)16(18)6-7-17(18)19(21,22)20(23,24)25/h10,15-17H,2-9H2,1H3/t15-,16+,17?,18+/m1/s1. The van der Waals surface area contributed by atoms with Crippen molar-refractivity contribution in [1.29, 1.82) is 0 Å². The van der Waals surface area contributed by atoms with Crippen LogP contribution in [0, 0.1) is 23.2 Å². The van der Waals surface area contributed by atoms with E-state index in [1.54, 1.807) is 13.0 Å². The largest absolute Gasteiger partial charge is 0.453 e. The van der Waals surface area contributed by atoms with Gasteiger partial charge in [-0.05, 0) is 79.4 Å². The van der Waals surface area contributed by atoms with Crippen molar-refractivity contribution in [2.24, 2.45) is 23.2 Å². The van der Waals surface area contributed by atoms with Gasteiger partial charge in [-0.2, -0.15) is 22.0 Å². The molecule has 1 unspecified atom stereocenters. The van der Waals surface area contributed by atoms with Crippen LogP contribution in [0.4, 0.5) is 22.0 Å². The zero-order chi connectivity index (χ0) is 18.9. The topological polar surface area (TPSA) is 17.1 Å². The first-order valence-electron chi connectivity index (χ1n) is 9.46. The van der Waals surface area contributed by atoms with Gasteiger partial charge in [-0.15, -0.1) is 0 Å². The first kappa shape index (κ1) is 18.2. The Balaban J connectivity index is 1.69. The summed E-state index contributed by atoms with van der Waals surface area (Å²) < 4.78 is 67.4. The average molecular weight is 374 g/mol. The van der Waals surface area contributed by atoms with E-state index in [0.29, 0.717) is 32.1 Å². The lowest BCUT2D eigenvalue weighted by molar-refractivity contribution is -0.314. The number of fused-ring (bicyclic) bond motifs is 4. The van der Waals surface area contributed by atoms with Gasteiger partial charge in [0.1, 0.15) is 0 Å². The van der Waals surface area contributed by atoms with Gasteiger partial charge in [-0.3, -0.25) is 4.79 Å². The molecule has 4 rings (SSSR count). The van der Waals surface area contributed by atoms with Crippen molar-refractivity contribution in [2.45, 2.75) is 70.4 Å². The van der Waals surface area contributed by atoms with Gasteiger partial charge in [0.2, 0.25) is 0 Å². The van der Waals surface area contributed by atoms with E-state index in [2.05, 4.69) is 0 Å². The second-order valence-corrected chi connectivity index (χ2v) is 8.65. The summed E-state index contributed by atoms with van der Waals surface area (Å²) >= 11 is 0. The van der Waals surface area contributed by atoms with E-state index < -0.39 is 23.4 Å². The van der Waals surface area contributed by atoms with Crippen molar-refractivity contribution in [3.05, 3.63) is 22.8 Å². The fourth-order valence-electron chi connectivity index (χ4n) is 6.32. The van der Waals surface area contributed by atoms with Gasteiger partial charge in [0.15, 0.2) is 5.78 Å². The molecule has 0 bridgehead atoms. The third kappa shape index (κ3) is 2.43. The molecule has 0 aromatic heterocycles. The van der Waals surface area contributed by atoms with E-state index in [1.165, 1.54) is 11.1 Å². The highest BCUT2D eigenvalue weighted by molar-refractivity contribution is 5.93. The van der Waals surface area contributed by atoms with Crippen molar-refractivity contribution in [3.8, 4) is 0 Å². The first-order valence-corrected chi connectivity index (χ1v) is 9.46. The number of halogens is 5. The fourth-order valence-corrected chi connectivity index (χ4v) is 6.32. The maximum absolute atomic E-state index is 14.2. The fraction of sp³-hybridized carbons (Fsp3) is 0.750. The molecule has 6 heteroatoms. The molecule has 0 heterocycles. The molecule has 0 aromatic rings. The van der Waals surface area contributed by atoms with Crippen LogP contribution in [0.5, 0.6) is 0 Å². The number of alkyl halides is 5. The van der Waals surface area contributed by atoms with Crippen molar-refractivity contribution in [2.75, 3.05) is 0 Å². The van der Waals surface area contributed by atoms with Gasteiger partial charge in [-0.25, -0.2) is 0 Å². The smallest absolute Gasteiger partial charge is 0.295 e. The van der Waals surface area contributed by atoms with E-state index >= 15 is 0 Å². The Morgan fingerprint density at radius 1 is 1.00 bits per heavy atom. The molecule has 4 aliphatic carbocycles. The maximum atomic E-state index is 14.2. The Kier molecular flexibility index (Phi) is 3.95. The minimum Gasteiger partial charge on any atom is -0.295 e. The summed E-state index contributed by atoms with van der Waals surface area (Å²) in [6.45, 7) is 1.66. The summed E-state index contributed by atoms with van der Waals surface area (Å²) in [5, 5.41) is 0. The van der Waals surface area contributed by atoms with E-state index in [-0.39, 0.29) is 24.0 Å². The van der Waals surface area contributed by atoms with Crippen LogP contribution < -0.4 is 0 Å². The van der Waals surface area contributed by atoms with Crippen LogP contribution >= 0.6 is 0 Å². The van der Waals surface area contributed by atoms with E-state index in [1.807, 2.05) is 0 Å². The maximum Gasteiger partial charge on any atom is 0.453 e. The lowest BCUT2D eigenvalue weighted by Crippen LogP contribution is -2.51. The van der Waals surface area contributed by atoms with E-state index in [9.17, 15) is 26.7 Å². The highest BCUT2D eigenvalue weighted by Crippen LogP contribution is 2.66. The number of ketones is 1. The Hall–Kier alpha value is -1.20. The lowest BCUT2D eigenvalue weighted by Gasteiger charge is -2.50. The molecular formula is C20H23F5O. The molecule has 0 aromatic carbocycles. The van der Waals surface area contributed by atoms with Crippen LogP contribution in [0.2, 0.25) is 0 Å². The van der Waals surface area contributed by atoms with E-state index in [0.717, 1.165) is 18.4 Å². The van der Waals surface area contributed by atoms with Gasteiger partial charge in [-0.1, -0.05) is 12.5 Å². The summed E-state index contributed by atoms with van der Waals surface area (Å²) in [5.74, 6) is -6.14. The minimum atomic E-state index is -5.49. The molecule has 0 radical (unpaired) electrons. The Labute approximate surface area is 149 Å². The SMILES string of the molecule is C[C@]12CCC3=C4CCC(=O)C=C4CC[C@H]3[C@@H]1CCC2C(F)(F)C(F)(F)F. The number of carbonyl (C=O) groups is 1. The van der Waals surface area contributed by atoms with Crippen molar-refractivity contribution >= 4 is 5.78 Å². The number of hydrogen-bond donors (Lipinski definition) is 0. The van der Waals surface area contributed by atoms with Crippen molar-refractivity contribution < 1.29 is 26.7 Å². The quantitative estimate of drug-likeness (QED) is 0.514. The predicted molar refractivity (Wildman–Crippen MR) is 86.6 cm³/mol. The molecule has 0 saturated heterocycles. The lowest BCUT2D eigenvalue weighted by atomic mass is 9.55. The van der Waals surface area contributed by atoms with E-state index in [4.69, 9.17) is 0 Å². The van der Waals surface area contributed by atoms with Crippen LogP contribution in [-0.2, 0) is 4.79 Å². The van der Waals surface area contributed by atoms with Crippen LogP contribution in [0.25, 0.3) is 0 Å². The zero-order valence-corrected chi connectivity index (χ0v) is 14.8. The molecule has 4 atom stereocenters. The zero-order valence-electron chi connectivity index (χ0n) is 14.8. The second kappa shape index (κ2) is 5.65. The van der Waals surface area contributed by atoms with Crippen LogP contribution in [0.3, 0.4) is 0 Å². The summed E-state index contributed by atoms with van der Waals surface area (Å²) in [4.78, 5) is 11.7. The molecule has 144 valence electrons. The Morgan fingerprint density at radius 2 is 1.73 bits per heavy atom. The van der Waals surface area contributed by atoms with Gasteiger partial charge in [0.25, 0.3) is 0 Å². The summed E-state index contributed by atoms with van der Waals surface area (Å²) in [6.07, 6.45) is 0.248. The summed E-state index contributed by atoms with van der Waals surface area (Å²) in [7, 11) is 0. The minimum absolute atomic E-state index is 0.0615. The molecule has 0 spiro atoms. The molecule has 4 aliphatic rings. The molecule has 0 aliphatic heterocycles. The summed E-state index contributed by atoms with van der Waals surface area (Å²) in [5.41, 5.74) is 2.55. The van der Waals surface area contributed by atoms with Crippen molar-refractivity contribution in [3.63, 3.8) is 0 Å². The normalized spacial score (nSPS) is 37.8. The molecule has 2 fully saturated rings. The van der Waals surface area contributed by atoms with Crippen molar-refractivity contribution in [1.82, 2.24) is 0 Å². The second-order valence-electron chi connectivity index (χ2n) is 8.65. The predicted octanol–water partition coefficient (Wildman–Crippen LogP) is 6.01. The molecular weight excluding hydrogens is 351 g/mol. The average Bonchev–Trinajstić information content (AvgIpc) is 2.91. The van der Waals surface area contributed by atoms with Gasteiger partial charge in [0, 0.05) is 12.3 Å². The molecule has 2 saturated carbocycles. The number of rotatable bonds is 1. The first-order chi connectivity index (χ1) is 12.1. The Morgan fingerprint density at radius 3 is 2.42 bits per heavy atom. The van der Waals surface area contributed by atoms with Crippen LogP contribution in [0.1, 0.15) is 58.3 Å². The monoisotopic (exact) mass is 374 g/mol. The molecule has 0 N–H and O–H groups in total. The third-order valence-electron chi connectivity index (χ3n) is 7.55. The van der Waals surface area contributed by atoms with Crippen LogP contribution in [-0.4, -0.2) is 17.9 Å². The van der Waals surface area contributed by atoms with Gasteiger partial charge in [0.05, 0.1) is 0 Å². The highest BCUT2D eigenvalue weighted by Gasteiger charge is 2.70. The molecule has 0 amide bonds. The number of allylic oxidation sites excluding steroid dienone is 4. The third-order valence-corrected chi connectivity index (χ3v) is 7.55. The van der Waals surface area contributed by atoms with Gasteiger partial charge < -0.3 is 0 Å². The number of hydrogen-bond acceptors (Lipinski definition) is 1. The van der Waals surface area contributed by atoms with Crippen LogP contribution in [0.15, 0.2) is 22.8 Å². The number of carbonyl (C=O) groups excluding carboxylic acids is 1.